The van der Waals surface area contributed by atoms with Gasteiger partial charge in [0.2, 0.25) is 0 Å². The van der Waals surface area contributed by atoms with Gasteiger partial charge in [-0.15, -0.1) is 0 Å². The number of likely N-dealkylation sites (tertiary alicyclic amines) is 1. The van der Waals surface area contributed by atoms with E-state index in [0.717, 1.165) is 29.8 Å². The second-order valence-corrected chi connectivity index (χ2v) is 8.20. The van der Waals surface area contributed by atoms with Crippen molar-refractivity contribution < 1.29 is 9.53 Å². The molecular weight excluding hydrogens is 338 g/mol. The van der Waals surface area contributed by atoms with Gasteiger partial charge >= 0.3 is 6.09 Å². The van der Waals surface area contributed by atoms with Crippen LogP contribution in [-0.4, -0.2) is 37.8 Å². The number of hydrogen-bond acceptors (Lipinski definition) is 4. The lowest BCUT2D eigenvalue weighted by Gasteiger charge is -2.32. The Balaban J connectivity index is 1.55. The van der Waals surface area contributed by atoms with Crippen LogP contribution in [0.1, 0.15) is 30.0 Å². The molecule has 0 bridgehead atoms. The molecule has 0 aliphatic carbocycles. The van der Waals surface area contributed by atoms with Crippen LogP contribution in [0.15, 0.2) is 36.4 Å². The maximum absolute atomic E-state index is 12.4. The van der Waals surface area contributed by atoms with E-state index in [1.807, 2.05) is 38.1 Å². The molecule has 2 aliphatic heterocycles. The van der Waals surface area contributed by atoms with E-state index in [0.29, 0.717) is 11.9 Å². The number of carbonyl (C=O) groups is 1. The Kier molecular flexibility index (Phi) is 4.15. The average Bonchev–Trinajstić information content (AvgIpc) is 2.99. The molecule has 0 spiro atoms. The molecule has 27 heavy (non-hydrogen) atoms. The number of amides is 1. The molecule has 0 unspecified atom stereocenters. The molecule has 2 aromatic rings. The largest absolute Gasteiger partial charge is 0.417 e. The Labute approximate surface area is 160 Å². The first-order valence-corrected chi connectivity index (χ1v) is 9.43. The van der Waals surface area contributed by atoms with Gasteiger partial charge in [0.05, 0.1) is 6.17 Å². The number of nitrogens with one attached hydrogen (secondary N) is 1. The molecule has 142 valence electrons. The Morgan fingerprint density at radius 3 is 2.56 bits per heavy atom. The summed E-state index contributed by atoms with van der Waals surface area (Å²) in [5.74, 6) is 0.584. The summed E-state index contributed by atoms with van der Waals surface area (Å²) in [4.78, 5) is 17.1. The number of fused-ring (bicyclic) bond motifs is 3. The summed E-state index contributed by atoms with van der Waals surface area (Å²) in [6.45, 7) is 7.40. The van der Waals surface area contributed by atoms with Crippen molar-refractivity contribution in [2.24, 2.45) is 0 Å². The predicted octanol–water partition coefficient (Wildman–Crippen LogP) is 4.28. The minimum absolute atomic E-state index is 0.0579. The van der Waals surface area contributed by atoms with Crippen molar-refractivity contribution in [1.82, 2.24) is 4.90 Å². The number of benzene rings is 2. The third-order valence-corrected chi connectivity index (χ3v) is 5.98. The van der Waals surface area contributed by atoms with Gasteiger partial charge in [-0.25, -0.2) is 4.79 Å². The molecule has 1 saturated heterocycles. The Morgan fingerprint density at radius 2 is 1.85 bits per heavy atom. The Morgan fingerprint density at radius 1 is 1.15 bits per heavy atom. The van der Waals surface area contributed by atoms with Gasteiger partial charge in [-0.3, -0.25) is 10.2 Å². The molecule has 1 amide bonds. The van der Waals surface area contributed by atoms with Crippen molar-refractivity contribution in [3.8, 4) is 5.75 Å². The van der Waals surface area contributed by atoms with Gasteiger partial charge in [0, 0.05) is 30.4 Å². The van der Waals surface area contributed by atoms with Gasteiger partial charge in [-0.1, -0.05) is 13.0 Å². The van der Waals surface area contributed by atoms with Crippen LogP contribution in [0, 0.1) is 13.8 Å². The minimum Gasteiger partial charge on any atom is -0.410 e. The lowest BCUT2D eigenvalue weighted by atomic mass is 9.81. The van der Waals surface area contributed by atoms with Gasteiger partial charge < -0.3 is 9.64 Å². The standard InChI is InChI=1S/C22H27N3O2/c1-14-10-15(2)12-16(11-14)23-21(26)27-17-6-7-19-18(13-17)22(3)8-9-24(4)20(22)25(19)5/h6-7,10-13,20H,8-9H2,1-5H3,(H,23,26)/t20-,22+/m1/s1. The minimum atomic E-state index is -0.462. The topological polar surface area (TPSA) is 44.8 Å². The highest BCUT2D eigenvalue weighted by Crippen LogP contribution is 2.51. The number of likely N-dealkylation sites (N-methyl/N-ethyl adjacent to an activating group) is 2. The van der Waals surface area contributed by atoms with Crippen molar-refractivity contribution in [1.29, 1.82) is 0 Å². The zero-order chi connectivity index (χ0) is 19.3. The van der Waals surface area contributed by atoms with Crippen LogP contribution < -0.4 is 15.0 Å². The van der Waals surface area contributed by atoms with Crippen LogP contribution in [0.2, 0.25) is 0 Å². The first kappa shape index (κ1) is 17.9. The van der Waals surface area contributed by atoms with Crippen molar-refractivity contribution in [3.63, 3.8) is 0 Å². The summed E-state index contributed by atoms with van der Waals surface area (Å²) in [6.07, 6.45) is 0.993. The maximum atomic E-state index is 12.4. The third kappa shape index (κ3) is 2.96. The Hall–Kier alpha value is -2.53. The SMILES string of the molecule is Cc1cc(C)cc(NC(=O)Oc2ccc3c(c2)[C@]2(C)CCN(C)[C@@H]2N3C)c1. The number of rotatable bonds is 2. The van der Waals surface area contributed by atoms with E-state index in [4.69, 9.17) is 4.74 Å². The van der Waals surface area contributed by atoms with Crippen LogP contribution >= 0.6 is 0 Å². The molecule has 2 aromatic carbocycles. The van der Waals surface area contributed by atoms with Crippen molar-refractivity contribution in [3.05, 3.63) is 53.1 Å². The van der Waals surface area contributed by atoms with Crippen molar-refractivity contribution >= 4 is 17.5 Å². The normalized spacial score (nSPS) is 23.9. The zero-order valence-electron chi connectivity index (χ0n) is 16.7. The van der Waals surface area contributed by atoms with Crippen molar-refractivity contribution in [2.45, 2.75) is 38.8 Å². The van der Waals surface area contributed by atoms with Gasteiger partial charge in [-0.05, 0) is 74.3 Å². The van der Waals surface area contributed by atoms with Gasteiger partial charge in [-0.2, -0.15) is 0 Å². The first-order valence-electron chi connectivity index (χ1n) is 9.43. The molecule has 0 saturated carbocycles. The third-order valence-electron chi connectivity index (χ3n) is 5.98. The second kappa shape index (κ2) is 6.27. The fraction of sp³-hybridized carbons (Fsp3) is 0.409. The van der Waals surface area contributed by atoms with E-state index >= 15 is 0 Å². The quantitative estimate of drug-likeness (QED) is 0.863. The summed E-state index contributed by atoms with van der Waals surface area (Å²) in [5, 5.41) is 2.83. The van der Waals surface area contributed by atoms with Crippen LogP contribution in [0.4, 0.5) is 16.2 Å². The molecule has 0 aromatic heterocycles. The fourth-order valence-electron chi connectivity index (χ4n) is 4.92. The molecule has 5 nitrogen and oxygen atoms in total. The van der Waals surface area contributed by atoms with E-state index in [-0.39, 0.29) is 5.41 Å². The molecule has 2 aliphatic rings. The number of carbonyl (C=O) groups excluding carboxylic acids is 1. The summed E-state index contributed by atoms with van der Waals surface area (Å²) in [7, 11) is 4.32. The maximum Gasteiger partial charge on any atom is 0.417 e. The molecule has 1 N–H and O–H groups in total. The molecule has 2 heterocycles. The molecule has 0 radical (unpaired) electrons. The highest BCUT2D eigenvalue weighted by molar-refractivity contribution is 5.86. The Bertz CT molecular complexity index is 890. The monoisotopic (exact) mass is 365 g/mol. The lowest BCUT2D eigenvalue weighted by Crippen LogP contribution is -2.45. The van der Waals surface area contributed by atoms with Crippen LogP contribution in [-0.2, 0) is 5.41 Å². The summed E-state index contributed by atoms with van der Waals surface area (Å²) >= 11 is 0. The number of hydrogen-bond donors (Lipinski definition) is 1. The first-order chi connectivity index (χ1) is 12.8. The molecule has 1 fully saturated rings. The molecular formula is C22H27N3O2. The molecule has 2 atom stereocenters. The van der Waals surface area contributed by atoms with E-state index < -0.39 is 6.09 Å². The molecule has 5 heteroatoms. The predicted molar refractivity (Wildman–Crippen MR) is 109 cm³/mol. The van der Waals surface area contributed by atoms with Gasteiger partial charge in [0.1, 0.15) is 5.75 Å². The summed E-state index contributed by atoms with van der Waals surface area (Å²) in [5.41, 5.74) is 5.50. The van der Waals surface area contributed by atoms with Crippen molar-refractivity contribution in [2.75, 3.05) is 30.9 Å². The number of aryl methyl sites for hydroxylation is 2. The van der Waals surface area contributed by atoms with Crippen LogP contribution in [0.3, 0.4) is 0 Å². The summed E-state index contributed by atoms with van der Waals surface area (Å²) < 4.78 is 5.60. The van der Waals surface area contributed by atoms with Crippen LogP contribution in [0.25, 0.3) is 0 Å². The molecule has 4 rings (SSSR count). The van der Waals surface area contributed by atoms with Gasteiger partial charge in [0.15, 0.2) is 0 Å². The highest BCUT2D eigenvalue weighted by Gasteiger charge is 2.52. The van der Waals surface area contributed by atoms with E-state index in [9.17, 15) is 4.79 Å². The highest BCUT2D eigenvalue weighted by atomic mass is 16.6. The fourth-order valence-corrected chi connectivity index (χ4v) is 4.92. The summed E-state index contributed by atoms with van der Waals surface area (Å²) in [6, 6.07) is 11.9. The average molecular weight is 365 g/mol. The lowest BCUT2D eigenvalue weighted by molar-refractivity contribution is 0.215. The van der Waals surface area contributed by atoms with E-state index in [1.165, 1.54) is 11.3 Å². The van der Waals surface area contributed by atoms with Gasteiger partial charge in [0.25, 0.3) is 0 Å². The van der Waals surface area contributed by atoms with E-state index in [2.05, 4.69) is 48.3 Å². The number of anilines is 2. The zero-order valence-corrected chi connectivity index (χ0v) is 16.7. The number of ether oxygens (including phenoxy) is 1. The second-order valence-electron chi connectivity index (χ2n) is 8.20. The van der Waals surface area contributed by atoms with E-state index in [1.54, 1.807) is 0 Å². The van der Waals surface area contributed by atoms with Crippen LogP contribution in [0.5, 0.6) is 5.75 Å². The number of nitrogens with zero attached hydrogens (tertiary/aromatic N) is 2. The smallest absolute Gasteiger partial charge is 0.410 e.